The third-order valence-corrected chi connectivity index (χ3v) is 6.96. The largest absolute Gasteiger partial charge is 0.457 e. The zero-order chi connectivity index (χ0) is 18.6. The van der Waals surface area contributed by atoms with E-state index in [0.717, 1.165) is 4.47 Å². The molecule has 1 saturated heterocycles. The van der Waals surface area contributed by atoms with Gasteiger partial charge in [0.1, 0.15) is 11.5 Å². The number of hydroxylamine groups is 1. The molecular formula is C17H18BrN2O5P. The molecule has 0 aliphatic carbocycles. The number of carbonyl (C=O) groups is 1. The van der Waals surface area contributed by atoms with Crippen LogP contribution in [0.3, 0.4) is 0 Å². The van der Waals surface area contributed by atoms with E-state index >= 15 is 0 Å². The summed E-state index contributed by atoms with van der Waals surface area (Å²) >= 11 is 3.37. The maximum Gasteiger partial charge on any atom is 0.302 e. The van der Waals surface area contributed by atoms with Crippen molar-refractivity contribution in [2.45, 2.75) is 6.42 Å². The van der Waals surface area contributed by atoms with Crippen molar-refractivity contribution >= 4 is 34.7 Å². The average Bonchev–Trinajstić information content (AvgIpc) is 2.66. The Kier molecular flexibility index (Phi) is 6.11. The minimum Gasteiger partial charge on any atom is -0.457 e. The van der Waals surface area contributed by atoms with Gasteiger partial charge in [0.25, 0.3) is 5.91 Å². The van der Waals surface area contributed by atoms with Gasteiger partial charge in [-0.05, 0) is 55.0 Å². The predicted octanol–water partition coefficient (Wildman–Crippen LogP) is 3.29. The summed E-state index contributed by atoms with van der Waals surface area (Å²) < 4.78 is 27.1. The Bertz CT molecular complexity index is 813. The van der Waals surface area contributed by atoms with Gasteiger partial charge in [0.2, 0.25) is 0 Å². The maximum absolute atomic E-state index is 13.3. The second-order valence-electron chi connectivity index (χ2n) is 5.68. The number of carbonyl (C=O) groups excluding carboxylic acids is 1. The first-order valence-corrected chi connectivity index (χ1v) is 10.4. The minimum atomic E-state index is -3.35. The zero-order valence-electron chi connectivity index (χ0n) is 13.8. The van der Waals surface area contributed by atoms with Crippen LogP contribution in [0.1, 0.15) is 6.42 Å². The lowest BCUT2D eigenvalue weighted by molar-refractivity contribution is -0.129. The normalized spacial score (nSPS) is 20.5. The standard InChI is InChI=1S/C17H18BrN2O5P/c18-13-2-4-14(5-3-13)25-15-6-8-16(9-7-15)26(23)20(10-1-11-24-26)12-17(21)19-22/h2-9,22H,1,10-12H2,(H,19,21). The van der Waals surface area contributed by atoms with Gasteiger partial charge in [-0.1, -0.05) is 15.9 Å². The Labute approximate surface area is 159 Å². The van der Waals surface area contributed by atoms with Crippen LogP contribution in [-0.4, -0.2) is 35.5 Å². The van der Waals surface area contributed by atoms with Crippen LogP contribution in [0, 0.1) is 0 Å². The summed E-state index contributed by atoms with van der Waals surface area (Å²) in [6.45, 7) is 0.596. The molecule has 0 bridgehead atoms. The highest BCUT2D eigenvalue weighted by molar-refractivity contribution is 9.10. The lowest BCUT2D eigenvalue weighted by atomic mass is 10.3. The monoisotopic (exact) mass is 440 g/mol. The molecule has 2 aromatic rings. The summed E-state index contributed by atoms with van der Waals surface area (Å²) in [7, 11) is -3.35. The molecule has 1 heterocycles. The van der Waals surface area contributed by atoms with E-state index in [-0.39, 0.29) is 6.54 Å². The molecule has 26 heavy (non-hydrogen) atoms. The minimum absolute atomic E-state index is 0.203. The van der Waals surface area contributed by atoms with Gasteiger partial charge < -0.3 is 9.26 Å². The van der Waals surface area contributed by atoms with Gasteiger partial charge in [0.15, 0.2) is 0 Å². The van der Waals surface area contributed by atoms with E-state index in [1.807, 2.05) is 24.3 Å². The highest BCUT2D eigenvalue weighted by atomic mass is 79.9. The number of nitrogens with zero attached hydrogens (tertiary/aromatic N) is 1. The van der Waals surface area contributed by atoms with Gasteiger partial charge in [-0.3, -0.25) is 14.6 Å². The van der Waals surface area contributed by atoms with Crippen molar-refractivity contribution in [3.8, 4) is 11.5 Å². The molecule has 7 nitrogen and oxygen atoms in total. The predicted molar refractivity (Wildman–Crippen MR) is 100.0 cm³/mol. The molecule has 1 fully saturated rings. The van der Waals surface area contributed by atoms with Gasteiger partial charge in [0, 0.05) is 11.0 Å². The first kappa shape index (κ1) is 19.1. The molecule has 2 N–H and O–H groups in total. The SMILES string of the molecule is O=C(CN1CCCOP1(=O)c1ccc(Oc2ccc(Br)cc2)cc1)NO. The number of amides is 1. The van der Waals surface area contributed by atoms with E-state index in [9.17, 15) is 9.36 Å². The highest BCUT2D eigenvalue weighted by Crippen LogP contribution is 2.52. The summed E-state index contributed by atoms with van der Waals surface area (Å²) in [4.78, 5) is 11.5. The molecular weight excluding hydrogens is 423 g/mol. The van der Waals surface area contributed by atoms with Gasteiger partial charge >= 0.3 is 7.52 Å². The van der Waals surface area contributed by atoms with E-state index < -0.39 is 13.4 Å². The first-order chi connectivity index (χ1) is 12.5. The molecule has 9 heteroatoms. The Hall–Kier alpha value is -1.70. The van der Waals surface area contributed by atoms with Crippen molar-refractivity contribution < 1.29 is 23.8 Å². The molecule has 2 aromatic carbocycles. The summed E-state index contributed by atoms with van der Waals surface area (Å²) in [5.74, 6) is 0.646. The van der Waals surface area contributed by atoms with Crippen LogP contribution in [0.4, 0.5) is 0 Å². The summed E-state index contributed by atoms with van der Waals surface area (Å²) in [6.07, 6.45) is 0.660. The average molecular weight is 441 g/mol. The molecule has 0 spiro atoms. The quantitative estimate of drug-likeness (QED) is 0.421. The van der Waals surface area contributed by atoms with Crippen LogP contribution in [0.25, 0.3) is 0 Å². The number of hydrogen-bond acceptors (Lipinski definition) is 5. The number of halogens is 1. The lowest BCUT2D eigenvalue weighted by Gasteiger charge is -2.34. The van der Waals surface area contributed by atoms with Crippen molar-refractivity contribution in [1.82, 2.24) is 10.2 Å². The summed E-state index contributed by atoms with van der Waals surface area (Å²) in [6, 6.07) is 14.2. The van der Waals surface area contributed by atoms with Crippen LogP contribution in [-0.2, 0) is 13.9 Å². The number of rotatable bonds is 5. The Morgan fingerprint density at radius 2 is 1.81 bits per heavy atom. The zero-order valence-corrected chi connectivity index (χ0v) is 16.3. The van der Waals surface area contributed by atoms with Crippen LogP contribution >= 0.6 is 23.4 Å². The molecule has 1 aliphatic heterocycles. The summed E-state index contributed by atoms with van der Waals surface area (Å²) in [5.41, 5.74) is 1.56. The molecule has 3 rings (SSSR count). The molecule has 0 saturated carbocycles. The lowest BCUT2D eigenvalue weighted by Crippen LogP contribution is -2.40. The van der Waals surface area contributed by atoms with Gasteiger partial charge in [-0.25, -0.2) is 10.2 Å². The maximum atomic E-state index is 13.3. The van der Waals surface area contributed by atoms with E-state index in [1.165, 1.54) is 4.67 Å². The highest BCUT2D eigenvalue weighted by Gasteiger charge is 2.37. The molecule has 0 radical (unpaired) electrons. The Morgan fingerprint density at radius 1 is 1.19 bits per heavy atom. The van der Waals surface area contributed by atoms with Crippen LogP contribution in [0.5, 0.6) is 11.5 Å². The Balaban J connectivity index is 1.78. The molecule has 0 aromatic heterocycles. The third kappa shape index (κ3) is 4.34. The second kappa shape index (κ2) is 8.33. The Morgan fingerprint density at radius 3 is 2.42 bits per heavy atom. The van der Waals surface area contributed by atoms with Crippen molar-refractivity contribution in [2.75, 3.05) is 19.7 Å². The second-order valence-corrected chi connectivity index (χ2v) is 8.98. The topological polar surface area (TPSA) is 88.1 Å². The van der Waals surface area contributed by atoms with Crippen LogP contribution < -0.4 is 15.5 Å². The molecule has 138 valence electrons. The van der Waals surface area contributed by atoms with Crippen LogP contribution in [0.15, 0.2) is 53.0 Å². The first-order valence-electron chi connectivity index (χ1n) is 7.98. The number of nitrogens with one attached hydrogen (secondary N) is 1. The van der Waals surface area contributed by atoms with Crippen molar-refractivity contribution in [2.24, 2.45) is 0 Å². The van der Waals surface area contributed by atoms with Gasteiger partial charge in [0.05, 0.1) is 18.5 Å². The van der Waals surface area contributed by atoms with Crippen molar-refractivity contribution in [1.29, 1.82) is 0 Å². The fourth-order valence-corrected chi connectivity index (χ4v) is 5.13. The van der Waals surface area contributed by atoms with Gasteiger partial charge in [-0.15, -0.1) is 0 Å². The fourth-order valence-electron chi connectivity index (χ4n) is 2.60. The fraction of sp³-hybridized carbons (Fsp3) is 0.235. The number of ether oxygens (including phenoxy) is 1. The van der Waals surface area contributed by atoms with Crippen molar-refractivity contribution in [3.05, 3.63) is 53.0 Å². The molecule has 1 unspecified atom stereocenters. The number of benzene rings is 2. The molecule has 1 amide bonds. The number of hydrogen-bond donors (Lipinski definition) is 2. The molecule has 1 aliphatic rings. The van der Waals surface area contributed by atoms with E-state index in [4.69, 9.17) is 14.5 Å². The van der Waals surface area contributed by atoms with E-state index in [0.29, 0.717) is 36.4 Å². The molecule has 1 atom stereocenters. The summed E-state index contributed by atoms with van der Waals surface area (Å²) in [5, 5.41) is 9.20. The van der Waals surface area contributed by atoms with Crippen LogP contribution in [0.2, 0.25) is 0 Å². The third-order valence-electron chi connectivity index (χ3n) is 3.86. The smallest absolute Gasteiger partial charge is 0.302 e. The van der Waals surface area contributed by atoms with E-state index in [2.05, 4.69) is 15.9 Å². The van der Waals surface area contributed by atoms with E-state index in [1.54, 1.807) is 29.7 Å². The van der Waals surface area contributed by atoms with Gasteiger partial charge in [-0.2, -0.15) is 0 Å². The van der Waals surface area contributed by atoms with Crippen molar-refractivity contribution in [3.63, 3.8) is 0 Å².